The molecule has 42 heavy (non-hydrogen) atoms. The molecule has 0 bridgehead atoms. The number of hydrogen-bond acceptors (Lipinski definition) is 13. The summed E-state index contributed by atoms with van der Waals surface area (Å²) in [6.45, 7) is 0. The van der Waals surface area contributed by atoms with E-state index in [1.165, 1.54) is 0 Å². The molecule has 214 valence electrons. The van der Waals surface area contributed by atoms with Crippen LogP contribution in [0.25, 0.3) is 22.8 Å². The first kappa shape index (κ1) is 32.5. The predicted octanol–water partition coefficient (Wildman–Crippen LogP) is -1.80. The molecule has 1 aromatic heterocycles. The summed E-state index contributed by atoms with van der Waals surface area (Å²) in [5.41, 5.74) is -2.57. The van der Waals surface area contributed by atoms with Crippen molar-refractivity contribution >= 4 is 31.6 Å². The fraction of sp³-hybridized carbons (Fsp3) is 0.0952. The Balaban J connectivity index is 0.00000484. The molecule has 0 radical (unpaired) electrons. The third kappa shape index (κ3) is 6.23. The average Bonchev–Trinajstić information content (AvgIpc) is 3.36. The van der Waals surface area contributed by atoms with E-state index in [9.17, 15) is 46.2 Å². The molecular formula is C21H16N6NaO12S2+. The van der Waals surface area contributed by atoms with Crippen LogP contribution in [0, 0.1) is 20.2 Å². The van der Waals surface area contributed by atoms with E-state index in [2.05, 4.69) is 10.2 Å². The molecule has 0 saturated carbocycles. The van der Waals surface area contributed by atoms with Gasteiger partial charge in [-0.2, -0.15) is 8.42 Å². The first-order valence-electron chi connectivity index (χ1n) is 10.8. The molecule has 0 amide bonds. The van der Waals surface area contributed by atoms with Crippen LogP contribution in [0.2, 0.25) is 0 Å². The van der Waals surface area contributed by atoms with Crippen LogP contribution >= 0.6 is 0 Å². The minimum absolute atomic E-state index is 0. The molecule has 18 nitrogen and oxygen atoms in total. The molecule has 0 unspecified atom stereocenters. The van der Waals surface area contributed by atoms with Crippen LogP contribution < -0.4 is 43.8 Å². The van der Waals surface area contributed by atoms with Crippen molar-refractivity contribution in [1.29, 1.82) is 0 Å². The van der Waals surface area contributed by atoms with E-state index in [4.69, 9.17) is 9.47 Å². The first-order chi connectivity index (χ1) is 19.2. The van der Waals surface area contributed by atoms with Gasteiger partial charge in [0.25, 0.3) is 11.4 Å². The summed E-state index contributed by atoms with van der Waals surface area (Å²) in [5, 5.41) is 31.6. The largest absolute Gasteiger partial charge is 1.00 e. The van der Waals surface area contributed by atoms with Gasteiger partial charge in [-0.3, -0.25) is 24.8 Å². The third-order valence-electron chi connectivity index (χ3n) is 5.48. The summed E-state index contributed by atoms with van der Waals surface area (Å²) in [7, 11) is -8.47. The number of ether oxygens (including phenoxy) is 2. The van der Waals surface area contributed by atoms with E-state index < -0.39 is 56.9 Å². The minimum Gasteiger partial charge on any atom is -0.744 e. The Labute approximate surface area is 258 Å². The number of nitrogens with zero attached hydrogens (tertiary/aromatic N) is 6. The molecule has 0 aliphatic heterocycles. The Bertz CT molecular complexity index is 1810. The number of aromatic nitrogens is 4. The van der Waals surface area contributed by atoms with Crippen LogP contribution in [0.3, 0.4) is 0 Å². The van der Waals surface area contributed by atoms with Crippen molar-refractivity contribution in [2.45, 2.75) is 9.79 Å². The van der Waals surface area contributed by atoms with E-state index in [0.29, 0.717) is 29.8 Å². The molecule has 1 N–H and O–H groups in total. The Hall–Kier alpha value is -4.05. The van der Waals surface area contributed by atoms with Crippen LogP contribution in [0.4, 0.5) is 11.4 Å². The van der Waals surface area contributed by atoms with Crippen LogP contribution in [0.1, 0.15) is 0 Å². The van der Waals surface area contributed by atoms with Gasteiger partial charge in [-0.25, -0.2) is 8.42 Å². The number of nitro groups is 2. The van der Waals surface area contributed by atoms with Crippen molar-refractivity contribution in [3.63, 3.8) is 0 Å². The second-order valence-corrected chi connectivity index (χ2v) is 10.6. The molecule has 0 aliphatic carbocycles. The van der Waals surface area contributed by atoms with Gasteiger partial charge < -0.3 is 14.0 Å². The Morgan fingerprint density at radius 3 is 1.93 bits per heavy atom. The summed E-state index contributed by atoms with van der Waals surface area (Å²) in [5.74, 6) is -0.829. The smallest absolute Gasteiger partial charge is 0.744 e. The Morgan fingerprint density at radius 2 is 1.43 bits per heavy atom. The quantitative estimate of drug-likeness (QED) is 0.0703. The van der Waals surface area contributed by atoms with Crippen molar-refractivity contribution in [3.05, 3.63) is 74.8 Å². The normalized spacial score (nSPS) is 11.4. The number of nitro benzene ring substituents is 2. The molecule has 0 saturated heterocycles. The minimum atomic E-state index is -5.44. The zero-order chi connectivity index (χ0) is 30.3. The van der Waals surface area contributed by atoms with E-state index >= 15 is 0 Å². The van der Waals surface area contributed by atoms with E-state index in [-0.39, 0.29) is 52.6 Å². The maximum Gasteiger partial charge on any atom is 1.00 e. The summed E-state index contributed by atoms with van der Waals surface area (Å²) < 4.78 is 80.0. The van der Waals surface area contributed by atoms with Gasteiger partial charge >= 0.3 is 45.5 Å². The Morgan fingerprint density at radius 1 is 0.881 bits per heavy atom. The molecule has 1 heterocycles. The average molecular weight is 632 g/mol. The molecule has 0 atom stereocenters. The van der Waals surface area contributed by atoms with Gasteiger partial charge in [-0.05, 0) is 22.0 Å². The van der Waals surface area contributed by atoms with Gasteiger partial charge in [-0.1, -0.05) is 18.2 Å². The van der Waals surface area contributed by atoms with E-state index in [1.54, 1.807) is 30.3 Å². The fourth-order valence-corrected chi connectivity index (χ4v) is 5.01. The topological polar surface area (TPSA) is 251 Å². The van der Waals surface area contributed by atoms with Crippen LogP contribution in [0.15, 0.2) is 64.4 Å². The zero-order valence-electron chi connectivity index (χ0n) is 21.6. The summed E-state index contributed by atoms with van der Waals surface area (Å²) in [4.78, 5) is 20.0. The summed E-state index contributed by atoms with van der Waals surface area (Å²) in [6, 6.07) is 10.7. The van der Waals surface area contributed by atoms with Gasteiger partial charge in [0, 0.05) is 16.9 Å². The van der Waals surface area contributed by atoms with Crippen LogP contribution in [-0.4, -0.2) is 65.0 Å². The molecule has 0 spiro atoms. The number of benzene rings is 3. The van der Waals surface area contributed by atoms with Crippen molar-refractivity contribution in [2.75, 3.05) is 14.2 Å². The van der Waals surface area contributed by atoms with Gasteiger partial charge in [0.1, 0.15) is 15.0 Å². The number of rotatable bonds is 9. The second-order valence-electron chi connectivity index (χ2n) is 7.90. The zero-order valence-corrected chi connectivity index (χ0v) is 25.3. The van der Waals surface area contributed by atoms with E-state index in [1.807, 2.05) is 0 Å². The van der Waals surface area contributed by atoms with E-state index in [0.717, 1.165) is 23.8 Å². The second kappa shape index (κ2) is 12.1. The SMILES string of the molecule is COc1cc([N+](=O)[O-])c(S(=O)(=O)O)cc1-n1nc(-c2ccccc2)n[n+]1-c1cc(S(=O)(=O)[O-])c([N+](=O)[O-])cc1OC.[Na+]. The van der Waals surface area contributed by atoms with Crippen molar-refractivity contribution in [2.24, 2.45) is 0 Å². The van der Waals surface area contributed by atoms with Crippen LogP contribution in [0.5, 0.6) is 11.5 Å². The predicted molar refractivity (Wildman–Crippen MR) is 133 cm³/mol. The maximum atomic E-state index is 12.1. The third-order valence-corrected chi connectivity index (χ3v) is 7.23. The van der Waals surface area contributed by atoms with Crippen molar-refractivity contribution in [1.82, 2.24) is 15.0 Å². The van der Waals surface area contributed by atoms with Gasteiger partial charge in [0.05, 0.1) is 46.9 Å². The standard InChI is InChI=1S/C21H16N6O12S2.Na/c1-38-17-8-15(26(28)29)19(40(32,33)34)10-13(17)24-22-21(12-6-4-3-5-7-12)23-25(24)14-11-20(41(35,36)37)16(27(30)31)9-18(14)39-2;/h3-11H,1-2H3,(H-,32,33,34,35,36,37);/q;+1. The van der Waals surface area contributed by atoms with Gasteiger partial charge in [0.15, 0.2) is 22.1 Å². The molecule has 21 heteroatoms. The van der Waals surface area contributed by atoms with Crippen molar-refractivity contribution in [3.8, 4) is 34.3 Å². The first-order valence-corrected chi connectivity index (χ1v) is 13.6. The maximum absolute atomic E-state index is 12.1. The molecule has 0 fully saturated rings. The number of tetrazole rings is 1. The number of methoxy groups -OCH3 is 2. The monoisotopic (exact) mass is 631 g/mol. The molecule has 4 aromatic rings. The Kier molecular flexibility index (Phi) is 9.31. The van der Waals surface area contributed by atoms with Gasteiger partial charge in [0.2, 0.25) is 5.69 Å². The molecule has 4 rings (SSSR count). The molecular weight excluding hydrogens is 615 g/mol. The summed E-state index contributed by atoms with van der Waals surface area (Å²) in [6.07, 6.45) is 0. The number of hydrogen-bond donors (Lipinski definition) is 1. The fourth-order valence-electron chi connectivity index (χ4n) is 3.71. The summed E-state index contributed by atoms with van der Waals surface area (Å²) >= 11 is 0. The van der Waals surface area contributed by atoms with Gasteiger partial charge in [-0.15, -0.1) is 0 Å². The molecule has 0 aliphatic rings. The van der Waals surface area contributed by atoms with Crippen molar-refractivity contribution < 1.29 is 79.6 Å². The van der Waals surface area contributed by atoms with Crippen LogP contribution in [-0.2, 0) is 20.2 Å². The molecule has 3 aromatic carbocycles.